The lowest BCUT2D eigenvalue weighted by Crippen LogP contribution is -2.37. The third kappa shape index (κ3) is 3.18. The summed E-state index contributed by atoms with van der Waals surface area (Å²) in [6, 6.07) is 5.96. The number of rotatable bonds is 5. The summed E-state index contributed by atoms with van der Waals surface area (Å²) in [5.74, 6) is -0.0474. The molecular weight excluding hydrogens is 240 g/mol. The van der Waals surface area contributed by atoms with Crippen LogP contribution in [0.4, 0.5) is 5.69 Å². The third-order valence-corrected chi connectivity index (χ3v) is 4.91. The molecule has 0 aliphatic heterocycles. The zero-order valence-electron chi connectivity index (χ0n) is 9.70. The predicted molar refractivity (Wildman–Crippen MR) is 68.1 cm³/mol. The second kappa shape index (κ2) is 5.48. The largest absolute Gasteiger partial charge is 0.399 e. The van der Waals surface area contributed by atoms with Crippen LogP contribution in [0.1, 0.15) is 18.5 Å². The van der Waals surface area contributed by atoms with E-state index in [4.69, 9.17) is 11.5 Å². The zero-order valence-corrected chi connectivity index (χ0v) is 10.5. The molecule has 0 saturated heterocycles. The van der Waals surface area contributed by atoms with Gasteiger partial charge >= 0.3 is 0 Å². The Hall–Kier alpha value is -1.11. The lowest BCUT2D eigenvalue weighted by Gasteiger charge is -2.22. The zero-order chi connectivity index (χ0) is 13.1. The Kier molecular flexibility index (Phi) is 4.50. The number of sulfone groups is 1. The van der Waals surface area contributed by atoms with Crippen LogP contribution >= 0.6 is 0 Å². The van der Waals surface area contributed by atoms with Crippen molar-refractivity contribution in [3.05, 3.63) is 29.8 Å². The van der Waals surface area contributed by atoms with Crippen molar-refractivity contribution in [3.8, 4) is 0 Å². The van der Waals surface area contributed by atoms with E-state index in [2.05, 4.69) is 0 Å². The second-order valence-corrected chi connectivity index (χ2v) is 6.38. The second-order valence-electron chi connectivity index (χ2n) is 3.87. The van der Waals surface area contributed by atoms with Crippen molar-refractivity contribution in [1.82, 2.24) is 0 Å². The summed E-state index contributed by atoms with van der Waals surface area (Å²) in [5, 5.41) is 8.21. The highest BCUT2D eigenvalue weighted by Gasteiger charge is 2.30. The van der Waals surface area contributed by atoms with E-state index >= 15 is 0 Å². The van der Waals surface area contributed by atoms with Gasteiger partial charge in [-0.1, -0.05) is 19.1 Å². The quantitative estimate of drug-likeness (QED) is 0.648. The summed E-state index contributed by atoms with van der Waals surface area (Å²) in [6.07, 6.45) is 0. The van der Waals surface area contributed by atoms with Crippen molar-refractivity contribution in [1.29, 1.82) is 0 Å². The molecule has 0 aliphatic carbocycles. The minimum atomic E-state index is -3.39. The third-order valence-electron chi connectivity index (χ3n) is 2.74. The Morgan fingerprint density at radius 3 is 2.53 bits per heavy atom. The van der Waals surface area contributed by atoms with Gasteiger partial charge in [0.15, 0.2) is 9.84 Å². The maximum absolute atomic E-state index is 11.8. The molecule has 0 unspecified atom stereocenters. The van der Waals surface area contributed by atoms with E-state index in [9.17, 15) is 13.5 Å². The summed E-state index contributed by atoms with van der Waals surface area (Å²) in [6.45, 7) is 1.04. The van der Waals surface area contributed by atoms with Crippen LogP contribution in [0.25, 0.3) is 0 Å². The number of aliphatic hydroxyl groups is 1. The lowest BCUT2D eigenvalue weighted by molar-refractivity contribution is 0.277. The summed E-state index contributed by atoms with van der Waals surface area (Å²) in [7, 11) is -3.39. The van der Waals surface area contributed by atoms with Gasteiger partial charge in [-0.25, -0.2) is 8.42 Å². The van der Waals surface area contributed by atoms with Crippen molar-refractivity contribution < 1.29 is 13.5 Å². The Morgan fingerprint density at radius 2 is 2.06 bits per heavy atom. The minimum absolute atomic E-state index is 0.0474. The van der Waals surface area contributed by atoms with E-state index in [1.165, 1.54) is 6.92 Å². The molecule has 0 heterocycles. The summed E-state index contributed by atoms with van der Waals surface area (Å²) in [4.78, 5) is 0. The Balaban J connectivity index is 3.06. The topological polar surface area (TPSA) is 106 Å². The van der Waals surface area contributed by atoms with Gasteiger partial charge in [-0.3, -0.25) is 0 Å². The summed E-state index contributed by atoms with van der Waals surface area (Å²) < 4.78 is 23.5. The first-order chi connectivity index (χ1) is 7.92. The van der Waals surface area contributed by atoms with E-state index in [0.717, 1.165) is 0 Å². The fourth-order valence-electron chi connectivity index (χ4n) is 1.65. The van der Waals surface area contributed by atoms with Gasteiger partial charge in [0.2, 0.25) is 0 Å². The van der Waals surface area contributed by atoms with Gasteiger partial charge in [0, 0.05) is 17.5 Å². The van der Waals surface area contributed by atoms with Gasteiger partial charge in [0.05, 0.1) is 6.61 Å². The standard InChI is InChI=1S/C11H18N2O3S/c1-2-17(15,16)10(7-14)11(13)8-4-3-5-9(12)6-8/h3-6,10-11,14H,2,7,12-13H2,1H3/t10-,11-/m0/s1. The monoisotopic (exact) mass is 258 g/mol. The molecule has 0 fully saturated rings. The molecule has 6 heteroatoms. The van der Waals surface area contributed by atoms with Crippen LogP contribution in [-0.4, -0.2) is 31.1 Å². The first-order valence-corrected chi connectivity index (χ1v) is 7.07. The van der Waals surface area contributed by atoms with E-state index in [1.807, 2.05) is 0 Å². The van der Waals surface area contributed by atoms with Crippen molar-refractivity contribution in [2.45, 2.75) is 18.2 Å². The predicted octanol–water partition coefficient (Wildman–Crippen LogP) is 0.0642. The van der Waals surface area contributed by atoms with Crippen molar-refractivity contribution >= 4 is 15.5 Å². The molecule has 0 aliphatic rings. The Labute approximate surface area is 101 Å². The van der Waals surface area contributed by atoms with Crippen LogP contribution in [0.15, 0.2) is 24.3 Å². The highest BCUT2D eigenvalue weighted by atomic mass is 32.2. The van der Waals surface area contributed by atoms with E-state index in [-0.39, 0.29) is 5.75 Å². The molecule has 1 aromatic rings. The van der Waals surface area contributed by atoms with Gasteiger partial charge in [-0.15, -0.1) is 0 Å². The molecule has 0 radical (unpaired) electrons. The fraction of sp³-hybridized carbons (Fsp3) is 0.455. The number of aliphatic hydroxyl groups excluding tert-OH is 1. The van der Waals surface area contributed by atoms with E-state index < -0.39 is 27.7 Å². The molecule has 1 aromatic carbocycles. The molecule has 0 aromatic heterocycles. The van der Waals surface area contributed by atoms with Crippen LogP contribution in [0, 0.1) is 0 Å². The molecule has 5 nitrogen and oxygen atoms in total. The van der Waals surface area contributed by atoms with Gasteiger partial charge < -0.3 is 16.6 Å². The first-order valence-electron chi connectivity index (χ1n) is 5.35. The fourth-order valence-corrected chi connectivity index (χ4v) is 2.90. The summed E-state index contributed by atoms with van der Waals surface area (Å²) in [5.41, 5.74) is 12.6. The number of hydrogen-bond donors (Lipinski definition) is 3. The number of benzene rings is 1. The van der Waals surface area contributed by atoms with Crippen LogP contribution in [0.5, 0.6) is 0 Å². The van der Waals surface area contributed by atoms with Crippen LogP contribution in [0.3, 0.4) is 0 Å². The molecule has 5 N–H and O–H groups in total. The SMILES string of the molecule is CCS(=O)(=O)[C@@H](CO)[C@@H](N)c1cccc(N)c1. The van der Waals surface area contributed by atoms with Gasteiger partial charge in [-0.2, -0.15) is 0 Å². The number of nitrogens with two attached hydrogens (primary N) is 2. The number of nitrogen functional groups attached to an aromatic ring is 1. The molecule has 96 valence electrons. The highest BCUT2D eigenvalue weighted by molar-refractivity contribution is 7.92. The van der Waals surface area contributed by atoms with Crippen molar-refractivity contribution in [3.63, 3.8) is 0 Å². The highest BCUT2D eigenvalue weighted by Crippen LogP contribution is 2.21. The van der Waals surface area contributed by atoms with Gasteiger partial charge in [0.1, 0.15) is 5.25 Å². The first kappa shape index (κ1) is 14.0. The average molecular weight is 258 g/mol. The molecule has 0 saturated carbocycles. The smallest absolute Gasteiger partial charge is 0.157 e. The molecular formula is C11H18N2O3S. The molecule has 0 amide bonds. The van der Waals surface area contributed by atoms with Crippen molar-refractivity contribution in [2.24, 2.45) is 5.73 Å². The Morgan fingerprint density at radius 1 is 1.41 bits per heavy atom. The summed E-state index contributed by atoms with van der Waals surface area (Å²) >= 11 is 0. The molecule has 0 spiro atoms. The van der Waals surface area contributed by atoms with Crippen LogP contribution in [0.2, 0.25) is 0 Å². The van der Waals surface area contributed by atoms with Crippen molar-refractivity contribution in [2.75, 3.05) is 18.1 Å². The minimum Gasteiger partial charge on any atom is -0.399 e. The number of hydrogen-bond acceptors (Lipinski definition) is 5. The molecule has 2 atom stereocenters. The number of anilines is 1. The Bertz CT molecular complexity index is 473. The van der Waals surface area contributed by atoms with E-state index in [0.29, 0.717) is 11.3 Å². The van der Waals surface area contributed by atoms with Gasteiger partial charge in [0.25, 0.3) is 0 Å². The average Bonchev–Trinajstić information content (AvgIpc) is 2.29. The normalized spacial score (nSPS) is 15.5. The molecule has 1 rings (SSSR count). The van der Waals surface area contributed by atoms with Crippen LogP contribution in [-0.2, 0) is 9.84 Å². The van der Waals surface area contributed by atoms with Crippen LogP contribution < -0.4 is 11.5 Å². The maximum atomic E-state index is 11.8. The molecule has 0 bridgehead atoms. The van der Waals surface area contributed by atoms with Gasteiger partial charge in [-0.05, 0) is 17.7 Å². The lowest BCUT2D eigenvalue weighted by atomic mass is 10.0. The van der Waals surface area contributed by atoms with E-state index in [1.54, 1.807) is 24.3 Å². The maximum Gasteiger partial charge on any atom is 0.157 e. The molecule has 17 heavy (non-hydrogen) atoms.